The van der Waals surface area contributed by atoms with Gasteiger partial charge in [-0.1, -0.05) is 12.1 Å². The summed E-state index contributed by atoms with van der Waals surface area (Å²) >= 11 is 0. The molecule has 0 saturated heterocycles. The lowest BCUT2D eigenvalue weighted by molar-refractivity contribution is 0.599. The van der Waals surface area contributed by atoms with Crippen LogP contribution in [0.2, 0.25) is 0 Å². The summed E-state index contributed by atoms with van der Waals surface area (Å²) in [4.78, 5) is 0. The maximum atomic E-state index is 11.1. The van der Waals surface area contributed by atoms with E-state index in [-0.39, 0.29) is 5.75 Å². The van der Waals surface area contributed by atoms with Crippen molar-refractivity contribution in [2.24, 2.45) is 0 Å². The van der Waals surface area contributed by atoms with E-state index in [1.165, 1.54) is 23.1 Å². The van der Waals surface area contributed by atoms with Crippen LogP contribution in [-0.4, -0.2) is 27.0 Å². The van der Waals surface area contributed by atoms with E-state index >= 15 is 0 Å². The van der Waals surface area contributed by atoms with E-state index in [0.29, 0.717) is 0 Å². The van der Waals surface area contributed by atoms with Gasteiger partial charge in [-0.2, -0.15) is 0 Å². The Balaban J connectivity index is 2.06. The van der Waals surface area contributed by atoms with Gasteiger partial charge in [0.05, 0.1) is 5.75 Å². The molecule has 0 saturated carbocycles. The second kappa shape index (κ2) is 5.08. The number of hydrogen-bond donors (Lipinski definition) is 1. The molecule has 94 valence electrons. The predicted octanol–water partition coefficient (Wildman–Crippen LogP) is 2.02. The molecular formula is C13H19NO2S. The minimum atomic E-state index is -2.83. The molecular weight excluding hydrogens is 234 g/mol. The predicted molar refractivity (Wildman–Crippen MR) is 71.3 cm³/mol. The Labute approximate surface area is 103 Å². The smallest absolute Gasteiger partial charge is 0.147 e. The van der Waals surface area contributed by atoms with Crippen molar-refractivity contribution in [2.45, 2.75) is 25.7 Å². The minimum Gasteiger partial charge on any atom is -0.385 e. The van der Waals surface area contributed by atoms with Crippen LogP contribution in [0.15, 0.2) is 18.2 Å². The first-order valence-corrected chi connectivity index (χ1v) is 8.15. The highest BCUT2D eigenvalue weighted by Crippen LogP contribution is 2.26. The fraction of sp³-hybridized carbons (Fsp3) is 0.538. The standard InChI is InChI=1S/C13H19NO2S/c1-17(15,16)10-4-6-11-5-2-8-13-12(11)7-3-9-14-13/h2,5,8,14H,3-4,6-7,9-10H2,1H3. The van der Waals surface area contributed by atoms with E-state index in [1.807, 2.05) is 6.07 Å². The fourth-order valence-corrected chi connectivity index (χ4v) is 3.01. The number of aryl methyl sites for hydroxylation is 1. The molecule has 2 rings (SSSR count). The molecule has 0 atom stereocenters. The zero-order chi connectivity index (χ0) is 12.3. The highest BCUT2D eigenvalue weighted by atomic mass is 32.2. The van der Waals surface area contributed by atoms with Gasteiger partial charge in [-0.05, 0) is 42.9 Å². The molecule has 1 aromatic rings. The monoisotopic (exact) mass is 253 g/mol. The van der Waals surface area contributed by atoms with Crippen molar-refractivity contribution in [3.63, 3.8) is 0 Å². The second-order valence-corrected chi connectivity index (χ2v) is 6.97. The van der Waals surface area contributed by atoms with Crippen LogP contribution in [0.3, 0.4) is 0 Å². The summed E-state index contributed by atoms with van der Waals surface area (Å²) in [6.07, 6.45) is 5.15. The molecule has 0 fully saturated rings. The van der Waals surface area contributed by atoms with Crippen molar-refractivity contribution >= 4 is 15.5 Å². The largest absolute Gasteiger partial charge is 0.385 e. The fourth-order valence-electron chi connectivity index (χ4n) is 2.34. The van der Waals surface area contributed by atoms with E-state index in [0.717, 1.165) is 32.2 Å². The zero-order valence-electron chi connectivity index (χ0n) is 10.2. The van der Waals surface area contributed by atoms with E-state index in [9.17, 15) is 8.42 Å². The molecule has 0 aromatic heterocycles. The Morgan fingerprint density at radius 1 is 1.35 bits per heavy atom. The molecule has 1 aromatic carbocycles. The third-order valence-corrected chi connectivity index (χ3v) is 4.18. The summed E-state index contributed by atoms with van der Waals surface area (Å²) in [5, 5.41) is 3.39. The molecule has 0 unspecified atom stereocenters. The summed E-state index contributed by atoms with van der Waals surface area (Å²) < 4.78 is 22.2. The Hall–Kier alpha value is -1.03. The number of anilines is 1. The van der Waals surface area contributed by atoms with Crippen LogP contribution in [0.1, 0.15) is 24.0 Å². The van der Waals surface area contributed by atoms with E-state index in [2.05, 4.69) is 17.4 Å². The van der Waals surface area contributed by atoms with Crippen LogP contribution < -0.4 is 5.32 Å². The van der Waals surface area contributed by atoms with Crippen LogP contribution in [0, 0.1) is 0 Å². The maximum Gasteiger partial charge on any atom is 0.147 e. The zero-order valence-corrected chi connectivity index (χ0v) is 11.0. The SMILES string of the molecule is CS(=O)(=O)CCCc1cccc2c1CCCN2. The molecule has 17 heavy (non-hydrogen) atoms. The van der Waals surface area contributed by atoms with Gasteiger partial charge in [-0.15, -0.1) is 0 Å². The lowest BCUT2D eigenvalue weighted by atomic mass is 9.95. The first kappa shape index (κ1) is 12.4. The Kier molecular flexibility index (Phi) is 3.72. The van der Waals surface area contributed by atoms with Crippen molar-refractivity contribution in [1.82, 2.24) is 0 Å². The van der Waals surface area contributed by atoms with Gasteiger partial charge in [-0.3, -0.25) is 0 Å². The van der Waals surface area contributed by atoms with Gasteiger partial charge >= 0.3 is 0 Å². The molecule has 0 amide bonds. The van der Waals surface area contributed by atoms with Crippen molar-refractivity contribution in [1.29, 1.82) is 0 Å². The quantitative estimate of drug-likeness (QED) is 0.893. The Morgan fingerprint density at radius 3 is 2.94 bits per heavy atom. The molecule has 0 bridgehead atoms. The molecule has 1 N–H and O–H groups in total. The Morgan fingerprint density at radius 2 is 2.18 bits per heavy atom. The van der Waals surface area contributed by atoms with Gasteiger partial charge in [-0.25, -0.2) is 8.42 Å². The van der Waals surface area contributed by atoms with Gasteiger partial charge in [0, 0.05) is 18.5 Å². The van der Waals surface area contributed by atoms with Crippen molar-refractivity contribution < 1.29 is 8.42 Å². The number of hydrogen-bond acceptors (Lipinski definition) is 3. The van der Waals surface area contributed by atoms with Crippen LogP contribution >= 0.6 is 0 Å². The summed E-state index contributed by atoms with van der Waals surface area (Å²) in [6, 6.07) is 6.27. The second-order valence-electron chi connectivity index (χ2n) is 4.71. The third-order valence-electron chi connectivity index (χ3n) is 3.15. The molecule has 3 nitrogen and oxygen atoms in total. The van der Waals surface area contributed by atoms with Crippen LogP contribution in [-0.2, 0) is 22.7 Å². The molecule has 0 spiro atoms. The summed E-state index contributed by atoms with van der Waals surface area (Å²) in [6.45, 7) is 1.04. The highest BCUT2D eigenvalue weighted by molar-refractivity contribution is 7.90. The number of fused-ring (bicyclic) bond motifs is 1. The van der Waals surface area contributed by atoms with Crippen molar-refractivity contribution in [3.05, 3.63) is 29.3 Å². The molecule has 0 aliphatic carbocycles. The van der Waals surface area contributed by atoms with E-state index in [1.54, 1.807) is 0 Å². The van der Waals surface area contributed by atoms with E-state index in [4.69, 9.17) is 0 Å². The number of nitrogens with one attached hydrogen (secondary N) is 1. The van der Waals surface area contributed by atoms with Crippen LogP contribution in [0.5, 0.6) is 0 Å². The molecule has 1 aliphatic rings. The molecule has 0 radical (unpaired) electrons. The first-order chi connectivity index (χ1) is 8.06. The van der Waals surface area contributed by atoms with Gasteiger partial charge < -0.3 is 5.32 Å². The average Bonchev–Trinajstić information content (AvgIpc) is 2.28. The summed E-state index contributed by atoms with van der Waals surface area (Å²) in [7, 11) is -2.83. The number of sulfone groups is 1. The topological polar surface area (TPSA) is 46.2 Å². The molecule has 1 aliphatic heterocycles. The maximum absolute atomic E-state index is 11.1. The molecule has 4 heteroatoms. The average molecular weight is 253 g/mol. The van der Waals surface area contributed by atoms with Gasteiger partial charge in [0.25, 0.3) is 0 Å². The highest BCUT2D eigenvalue weighted by Gasteiger charge is 2.12. The van der Waals surface area contributed by atoms with Crippen LogP contribution in [0.25, 0.3) is 0 Å². The molecule has 1 heterocycles. The van der Waals surface area contributed by atoms with Gasteiger partial charge in [0.2, 0.25) is 0 Å². The minimum absolute atomic E-state index is 0.282. The summed E-state index contributed by atoms with van der Waals surface area (Å²) in [5.41, 5.74) is 3.92. The number of rotatable bonds is 4. The van der Waals surface area contributed by atoms with E-state index < -0.39 is 9.84 Å². The van der Waals surface area contributed by atoms with Crippen molar-refractivity contribution in [2.75, 3.05) is 23.9 Å². The third kappa shape index (κ3) is 3.46. The number of benzene rings is 1. The lowest BCUT2D eigenvalue weighted by Crippen LogP contribution is -2.14. The lowest BCUT2D eigenvalue weighted by Gasteiger charge is -2.20. The van der Waals surface area contributed by atoms with Gasteiger partial charge in [0.1, 0.15) is 9.84 Å². The van der Waals surface area contributed by atoms with Crippen LogP contribution in [0.4, 0.5) is 5.69 Å². The normalized spacial score (nSPS) is 15.1. The Bertz CT molecular complexity index is 494. The van der Waals surface area contributed by atoms with Crippen molar-refractivity contribution in [3.8, 4) is 0 Å². The van der Waals surface area contributed by atoms with Gasteiger partial charge in [0.15, 0.2) is 0 Å². The first-order valence-electron chi connectivity index (χ1n) is 6.08. The summed E-state index contributed by atoms with van der Waals surface area (Å²) in [5.74, 6) is 0.282.